The third-order valence-corrected chi connectivity index (χ3v) is 5.63. The zero-order chi connectivity index (χ0) is 18.7. The van der Waals surface area contributed by atoms with Gasteiger partial charge in [-0.25, -0.2) is 0 Å². The maximum atomic E-state index is 12.2. The summed E-state index contributed by atoms with van der Waals surface area (Å²) in [6, 6.07) is 13.3. The van der Waals surface area contributed by atoms with Crippen LogP contribution in [0.5, 0.6) is 0 Å². The number of benzene rings is 2. The second-order valence-corrected chi connectivity index (χ2v) is 8.03. The fraction of sp³-hybridized carbons (Fsp3) is 0.211. The largest absolute Gasteiger partial charge is 0.303 e. The van der Waals surface area contributed by atoms with Crippen molar-refractivity contribution >= 4 is 51.8 Å². The van der Waals surface area contributed by atoms with E-state index in [9.17, 15) is 4.79 Å². The Labute approximate surface area is 166 Å². The fourth-order valence-electron chi connectivity index (χ4n) is 2.46. The second kappa shape index (κ2) is 8.25. The summed E-state index contributed by atoms with van der Waals surface area (Å²) >= 11 is 13.5. The van der Waals surface area contributed by atoms with Crippen LogP contribution < -0.4 is 5.32 Å². The molecule has 0 saturated carbocycles. The minimum Gasteiger partial charge on any atom is -0.303 e. The van der Waals surface area contributed by atoms with Gasteiger partial charge >= 0.3 is 0 Å². The second-order valence-electron chi connectivity index (χ2n) is 5.99. The molecule has 1 heterocycles. The van der Waals surface area contributed by atoms with Crippen LogP contribution in [-0.2, 0) is 11.2 Å². The average Bonchev–Trinajstić information content (AvgIpc) is 2.96. The van der Waals surface area contributed by atoms with Crippen molar-refractivity contribution in [1.29, 1.82) is 0 Å². The zero-order valence-electron chi connectivity index (χ0n) is 14.3. The SMILES string of the molecule is C/C(=N/N=C1\NC(=O)C(Cc2cc(Cl)ccc2Cl)S1)c1ccc(C)cc1. The van der Waals surface area contributed by atoms with Crippen LogP contribution in [0.2, 0.25) is 10.0 Å². The number of nitrogens with one attached hydrogen (secondary N) is 1. The van der Waals surface area contributed by atoms with Crippen LogP contribution in [0.1, 0.15) is 23.6 Å². The zero-order valence-corrected chi connectivity index (χ0v) is 16.6. The van der Waals surface area contributed by atoms with Gasteiger partial charge in [0.05, 0.1) is 11.0 Å². The van der Waals surface area contributed by atoms with Gasteiger partial charge in [0.1, 0.15) is 0 Å². The van der Waals surface area contributed by atoms with Crippen molar-refractivity contribution in [3.63, 3.8) is 0 Å². The molecule has 26 heavy (non-hydrogen) atoms. The number of hydrogen-bond donors (Lipinski definition) is 1. The van der Waals surface area contributed by atoms with E-state index >= 15 is 0 Å². The van der Waals surface area contributed by atoms with Crippen molar-refractivity contribution in [2.75, 3.05) is 0 Å². The number of amides is 1. The van der Waals surface area contributed by atoms with Crippen LogP contribution >= 0.6 is 35.0 Å². The first kappa shape index (κ1) is 19.0. The van der Waals surface area contributed by atoms with E-state index in [0.717, 1.165) is 16.8 Å². The minimum atomic E-state index is -0.306. The highest BCUT2D eigenvalue weighted by molar-refractivity contribution is 8.15. The van der Waals surface area contributed by atoms with Crippen LogP contribution in [-0.4, -0.2) is 22.0 Å². The molecule has 0 radical (unpaired) electrons. The van der Waals surface area contributed by atoms with Crippen molar-refractivity contribution in [2.45, 2.75) is 25.5 Å². The Balaban J connectivity index is 1.70. The summed E-state index contributed by atoms with van der Waals surface area (Å²) in [4.78, 5) is 12.2. The van der Waals surface area contributed by atoms with Crippen molar-refractivity contribution in [3.8, 4) is 0 Å². The van der Waals surface area contributed by atoms with Crippen LogP contribution in [0.25, 0.3) is 0 Å². The molecule has 1 aliphatic heterocycles. The Kier molecular flexibility index (Phi) is 6.01. The van der Waals surface area contributed by atoms with Gasteiger partial charge in [0, 0.05) is 10.0 Å². The van der Waals surface area contributed by atoms with Gasteiger partial charge in [0.2, 0.25) is 5.91 Å². The van der Waals surface area contributed by atoms with E-state index in [0.29, 0.717) is 21.6 Å². The molecule has 1 atom stereocenters. The standard InChI is InChI=1S/C19H17Cl2N3OS/c1-11-3-5-13(6-4-11)12(2)23-24-19-22-18(25)17(26-19)10-14-9-15(20)7-8-16(14)21/h3-9,17H,10H2,1-2H3,(H,22,24,25)/b23-12-. The number of nitrogens with zero attached hydrogens (tertiary/aromatic N) is 2. The number of amidine groups is 1. The topological polar surface area (TPSA) is 53.8 Å². The maximum absolute atomic E-state index is 12.2. The van der Waals surface area contributed by atoms with E-state index in [4.69, 9.17) is 23.2 Å². The van der Waals surface area contributed by atoms with Gasteiger partial charge in [0.25, 0.3) is 0 Å². The summed E-state index contributed by atoms with van der Waals surface area (Å²) < 4.78 is 0. The third-order valence-electron chi connectivity index (χ3n) is 3.95. The Morgan fingerprint density at radius 1 is 1.19 bits per heavy atom. The first-order chi connectivity index (χ1) is 12.4. The van der Waals surface area contributed by atoms with Crippen molar-refractivity contribution in [2.24, 2.45) is 10.2 Å². The monoisotopic (exact) mass is 405 g/mol. The molecule has 0 bridgehead atoms. The third kappa shape index (κ3) is 4.67. The number of rotatable bonds is 4. The van der Waals surface area contributed by atoms with Crippen LogP contribution in [0.15, 0.2) is 52.7 Å². The highest BCUT2D eigenvalue weighted by Crippen LogP contribution is 2.28. The molecule has 4 nitrogen and oxygen atoms in total. The number of aryl methyl sites for hydroxylation is 1. The average molecular weight is 406 g/mol. The van der Waals surface area contributed by atoms with Gasteiger partial charge < -0.3 is 5.32 Å². The summed E-state index contributed by atoms with van der Waals surface area (Å²) in [5, 5.41) is 12.6. The molecule has 1 aliphatic rings. The van der Waals surface area contributed by atoms with Crippen LogP contribution in [0.3, 0.4) is 0 Å². The van der Waals surface area contributed by atoms with Gasteiger partial charge in [0.15, 0.2) is 5.17 Å². The number of carbonyl (C=O) groups excluding carboxylic acids is 1. The number of halogens is 2. The Morgan fingerprint density at radius 2 is 1.92 bits per heavy atom. The lowest BCUT2D eigenvalue weighted by molar-refractivity contribution is -0.118. The van der Waals surface area contributed by atoms with Crippen molar-refractivity contribution in [3.05, 3.63) is 69.2 Å². The minimum absolute atomic E-state index is 0.104. The first-order valence-electron chi connectivity index (χ1n) is 8.03. The summed E-state index contributed by atoms with van der Waals surface area (Å²) in [6.07, 6.45) is 0.482. The van der Waals surface area contributed by atoms with Gasteiger partial charge in [-0.2, -0.15) is 5.10 Å². The molecule has 0 spiro atoms. The molecule has 2 aromatic carbocycles. The number of carbonyl (C=O) groups is 1. The molecular weight excluding hydrogens is 389 g/mol. The normalized spacial score (nSPS) is 19.1. The molecule has 1 amide bonds. The number of thioether (sulfide) groups is 1. The van der Waals surface area contributed by atoms with E-state index in [1.165, 1.54) is 17.3 Å². The first-order valence-corrected chi connectivity index (χ1v) is 9.66. The smallest absolute Gasteiger partial charge is 0.239 e. The summed E-state index contributed by atoms with van der Waals surface area (Å²) in [5.74, 6) is -0.104. The lowest BCUT2D eigenvalue weighted by atomic mass is 10.1. The van der Waals surface area contributed by atoms with Crippen molar-refractivity contribution < 1.29 is 4.79 Å². The molecule has 1 unspecified atom stereocenters. The fourth-order valence-corrected chi connectivity index (χ4v) is 3.79. The molecule has 134 valence electrons. The predicted octanol–water partition coefficient (Wildman–Crippen LogP) is 4.86. The highest BCUT2D eigenvalue weighted by atomic mass is 35.5. The van der Waals surface area contributed by atoms with Gasteiger partial charge in [-0.3, -0.25) is 4.79 Å². The van der Waals surface area contributed by atoms with Gasteiger partial charge in [-0.1, -0.05) is 64.8 Å². The molecule has 1 saturated heterocycles. The lowest BCUT2D eigenvalue weighted by Crippen LogP contribution is -2.26. The summed E-state index contributed by atoms with van der Waals surface area (Å²) in [7, 11) is 0. The maximum Gasteiger partial charge on any atom is 0.239 e. The van der Waals surface area contributed by atoms with Crippen molar-refractivity contribution in [1.82, 2.24) is 5.32 Å². The van der Waals surface area contributed by atoms with Crippen LogP contribution in [0, 0.1) is 6.92 Å². The van der Waals surface area contributed by atoms with Gasteiger partial charge in [-0.05, 0) is 49.6 Å². The van der Waals surface area contributed by atoms with E-state index in [1.54, 1.807) is 18.2 Å². The summed E-state index contributed by atoms with van der Waals surface area (Å²) in [6.45, 7) is 3.92. The summed E-state index contributed by atoms with van der Waals surface area (Å²) in [5.41, 5.74) is 3.81. The molecule has 0 aliphatic carbocycles. The van der Waals surface area contributed by atoms with E-state index < -0.39 is 0 Å². The lowest BCUT2D eigenvalue weighted by Gasteiger charge is -2.07. The molecule has 1 N–H and O–H groups in total. The Hall–Kier alpha value is -1.82. The van der Waals surface area contributed by atoms with E-state index in [2.05, 4.69) is 15.5 Å². The number of hydrogen-bond acceptors (Lipinski definition) is 4. The molecule has 0 aromatic heterocycles. The highest BCUT2D eigenvalue weighted by Gasteiger charge is 2.31. The molecule has 7 heteroatoms. The van der Waals surface area contributed by atoms with Crippen LogP contribution in [0.4, 0.5) is 0 Å². The molecule has 2 aromatic rings. The van der Waals surface area contributed by atoms with E-state index in [1.807, 2.05) is 38.1 Å². The van der Waals surface area contributed by atoms with E-state index in [-0.39, 0.29) is 11.2 Å². The Bertz CT molecular complexity index is 894. The quantitative estimate of drug-likeness (QED) is 0.583. The van der Waals surface area contributed by atoms with Gasteiger partial charge in [-0.15, -0.1) is 5.10 Å². The molecule has 3 rings (SSSR count). The predicted molar refractivity (Wildman–Crippen MR) is 111 cm³/mol. The molecule has 1 fully saturated rings. The Morgan fingerprint density at radius 3 is 2.65 bits per heavy atom. The molecular formula is C19H17Cl2N3OS.